The summed E-state index contributed by atoms with van der Waals surface area (Å²) in [6.07, 6.45) is 1.83. The molecule has 0 aliphatic rings. The summed E-state index contributed by atoms with van der Waals surface area (Å²) in [7, 11) is 6.49. The average molecular weight is 218 g/mol. The Morgan fingerprint density at radius 1 is 1.19 bits per heavy atom. The first-order valence-electron chi connectivity index (χ1n) is 5.44. The molecule has 0 amide bonds. The van der Waals surface area contributed by atoms with Crippen molar-refractivity contribution in [3.8, 4) is 0 Å². The standard InChI is InChI=1S/C14H20NO/c1-5-14(16)10-12-6-8-13(9-7-12)11-15(2,3)4/h5-9H,1,10-11H2,2-4H3/q+1. The van der Waals surface area contributed by atoms with Crippen LogP contribution in [-0.4, -0.2) is 31.4 Å². The molecule has 0 N–H and O–H groups in total. The second-order valence-electron chi connectivity index (χ2n) is 5.11. The van der Waals surface area contributed by atoms with Crippen LogP contribution in [0.5, 0.6) is 0 Å². The minimum Gasteiger partial charge on any atom is -0.327 e. The Morgan fingerprint density at radius 2 is 1.69 bits per heavy atom. The topological polar surface area (TPSA) is 17.1 Å². The van der Waals surface area contributed by atoms with Crippen molar-refractivity contribution < 1.29 is 9.28 Å². The summed E-state index contributed by atoms with van der Waals surface area (Å²) >= 11 is 0. The van der Waals surface area contributed by atoms with Crippen LogP contribution in [-0.2, 0) is 17.8 Å². The van der Waals surface area contributed by atoms with Gasteiger partial charge >= 0.3 is 0 Å². The molecule has 1 rings (SSSR count). The molecular weight excluding hydrogens is 198 g/mol. The number of nitrogens with zero attached hydrogens (tertiary/aromatic N) is 1. The van der Waals surface area contributed by atoms with E-state index in [2.05, 4.69) is 39.9 Å². The molecular formula is C14H20NO+. The molecule has 1 aromatic rings. The van der Waals surface area contributed by atoms with Gasteiger partial charge in [0.25, 0.3) is 0 Å². The van der Waals surface area contributed by atoms with E-state index in [0.717, 1.165) is 16.6 Å². The van der Waals surface area contributed by atoms with E-state index in [1.807, 2.05) is 12.1 Å². The van der Waals surface area contributed by atoms with E-state index < -0.39 is 0 Å². The van der Waals surface area contributed by atoms with Crippen LogP contribution in [0.1, 0.15) is 11.1 Å². The molecule has 0 fully saturated rings. The smallest absolute Gasteiger partial charge is 0.159 e. The first-order valence-corrected chi connectivity index (χ1v) is 5.44. The highest BCUT2D eigenvalue weighted by molar-refractivity contribution is 5.90. The third-order valence-electron chi connectivity index (χ3n) is 2.29. The largest absolute Gasteiger partial charge is 0.327 e. The summed E-state index contributed by atoms with van der Waals surface area (Å²) in [5.41, 5.74) is 2.34. The molecule has 2 nitrogen and oxygen atoms in total. The zero-order chi connectivity index (χ0) is 12.2. The van der Waals surface area contributed by atoms with Crippen molar-refractivity contribution in [2.75, 3.05) is 21.1 Å². The highest BCUT2D eigenvalue weighted by Gasteiger charge is 2.08. The summed E-state index contributed by atoms with van der Waals surface area (Å²) < 4.78 is 0.908. The lowest BCUT2D eigenvalue weighted by atomic mass is 10.1. The number of carbonyl (C=O) groups is 1. The van der Waals surface area contributed by atoms with Crippen LogP contribution in [0, 0.1) is 0 Å². The number of ketones is 1. The van der Waals surface area contributed by atoms with Gasteiger partial charge in [-0.2, -0.15) is 0 Å². The number of hydrogen-bond acceptors (Lipinski definition) is 1. The zero-order valence-electron chi connectivity index (χ0n) is 10.4. The summed E-state index contributed by atoms with van der Waals surface area (Å²) in [5.74, 6) is 0.0688. The molecule has 0 radical (unpaired) electrons. The van der Waals surface area contributed by atoms with Gasteiger partial charge in [-0.15, -0.1) is 0 Å². The van der Waals surface area contributed by atoms with Crippen LogP contribution in [0.2, 0.25) is 0 Å². The number of quaternary nitrogens is 1. The minimum absolute atomic E-state index is 0.0688. The Hall–Kier alpha value is -1.41. The van der Waals surface area contributed by atoms with Crippen molar-refractivity contribution in [1.82, 2.24) is 0 Å². The Kier molecular flexibility index (Phi) is 4.02. The van der Waals surface area contributed by atoms with Crippen LogP contribution >= 0.6 is 0 Å². The second-order valence-corrected chi connectivity index (χ2v) is 5.11. The van der Waals surface area contributed by atoms with Gasteiger partial charge in [0, 0.05) is 12.0 Å². The van der Waals surface area contributed by atoms with E-state index in [4.69, 9.17) is 0 Å². The SMILES string of the molecule is C=CC(=O)Cc1ccc(C[N+](C)(C)C)cc1. The van der Waals surface area contributed by atoms with Crippen LogP contribution in [0.25, 0.3) is 0 Å². The predicted molar refractivity (Wildman–Crippen MR) is 67.1 cm³/mol. The number of rotatable bonds is 5. The van der Waals surface area contributed by atoms with E-state index in [1.165, 1.54) is 11.6 Å². The molecule has 0 unspecified atom stereocenters. The lowest BCUT2D eigenvalue weighted by Crippen LogP contribution is -2.33. The quantitative estimate of drug-likeness (QED) is 0.547. The van der Waals surface area contributed by atoms with Gasteiger partial charge in [-0.05, 0) is 11.6 Å². The van der Waals surface area contributed by atoms with Gasteiger partial charge in [0.1, 0.15) is 6.54 Å². The van der Waals surface area contributed by atoms with Gasteiger partial charge in [0.2, 0.25) is 0 Å². The average Bonchev–Trinajstić information content (AvgIpc) is 2.18. The van der Waals surface area contributed by atoms with E-state index in [1.54, 1.807) is 0 Å². The molecule has 0 bridgehead atoms. The summed E-state index contributed by atoms with van der Waals surface area (Å²) in [5, 5.41) is 0. The normalized spacial score (nSPS) is 11.2. The lowest BCUT2D eigenvalue weighted by molar-refractivity contribution is -0.884. The molecule has 0 saturated heterocycles. The van der Waals surface area contributed by atoms with Gasteiger partial charge in [0.15, 0.2) is 5.78 Å². The van der Waals surface area contributed by atoms with Gasteiger partial charge < -0.3 is 4.48 Å². The Labute approximate surface area is 97.8 Å². The molecule has 0 aliphatic heterocycles. The second kappa shape index (κ2) is 5.08. The third kappa shape index (κ3) is 4.41. The fraction of sp³-hybridized carbons (Fsp3) is 0.357. The number of carbonyl (C=O) groups excluding carboxylic acids is 1. The summed E-state index contributed by atoms with van der Waals surface area (Å²) in [6, 6.07) is 8.23. The van der Waals surface area contributed by atoms with E-state index in [-0.39, 0.29) is 5.78 Å². The predicted octanol–water partition coefficient (Wildman–Crippen LogP) is 2.19. The fourth-order valence-electron chi connectivity index (χ4n) is 1.58. The molecule has 0 aliphatic carbocycles. The molecule has 0 saturated carbocycles. The van der Waals surface area contributed by atoms with Crippen molar-refractivity contribution in [2.45, 2.75) is 13.0 Å². The number of allylic oxidation sites excluding steroid dienone is 1. The number of benzene rings is 1. The molecule has 2 heteroatoms. The van der Waals surface area contributed by atoms with Gasteiger partial charge in [0.05, 0.1) is 21.1 Å². The maximum absolute atomic E-state index is 11.2. The molecule has 0 atom stereocenters. The maximum atomic E-state index is 11.2. The third-order valence-corrected chi connectivity index (χ3v) is 2.29. The van der Waals surface area contributed by atoms with Crippen molar-refractivity contribution >= 4 is 5.78 Å². The van der Waals surface area contributed by atoms with Gasteiger partial charge in [-0.3, -0.25) is 4.79 Å². The Morgan fingerprint density at radius 3 is 2.12 bits per heavy atom. The lowest BCUT2D eigenvalue weighted by Gasteiger charge is -2.23. The fourth-order valence-corrected chi connectivity index (χ4v) is 1.58. The van der Waals surface area contributed by atoms with Crippen molar-refractivity contribution in [1.29, 1.82) is 0 Å². The molecule has 1 aromatic carbocycles. The van der Waals surface area contributed by atoms with Crippen molar-refractivity contribution in [2.24, 2.45) is 0 Å². The Bertz CT molecular complexity index is 371. The molecule has 0 spiro atoms. The minimum atomic E-state index is 0.0688. The Balaban J connectivity index is 2.68. The molecule has 86 valence electrons. The molecule has 0 heterocycles. The summed E-state index contributed by atoms with van der Waals surface area (Å²) in [4.78, 5) is 11.2. The molecule has 16 heavy (non-hydrogen) atoms. The summed E-state index contributed by atoms with van der Waals surface area (Å²) in [6.45, 7) is 4.47. The van der Waals surface area contributed by atoms with Gasteiger partial charge in [-0.25, -0.2) is 0 Å². The molecule has 0 aromatic heterocycles. The van der Waals surface area contributed by atoms with Crippen molar-refractivity contribution in [3.05, 3.63) is 48.0 Å². The number of hydrogen-bond donors (Lipinski definition) is 0. The van der Waals surface area contributed by atoms with E-state index >= 15 is 0 Å². The van der Waals surface area contributed by atoms with Crippen LogP contribution in [0.4, 0.5) is 0 Å². The van der Waals surface area contributed by atoms with Gasteiger partial charge in [-0.1, -0.05) is 30.8 Å². The highest BCUT2D eigenvalue weighted by atomic mass is 16.1. The highest BCUT2D eigenvalue weighted by Crippen LogP contribution is 2.09. The van der Waals surface area contributed by atoms with Crippen molar-refractivity contribution in [3.63, 3.8) is 0 Å². The first kappa shape index (κ1) is 12.7. The van der Waals surface area contributed by atoms with Crippen LogP contribution < -0.4 is 0 Å². The maximum Gasteiger partial charge on any atom is 0.159 e. The van der Waals surface area contributed by atoms with Crippen LogP contribution in [0.3, 0.4) is 0 Å². The van der Waals surface area contributed by atoms with Crippen LogP contribution in [0.15, 0.2) is 36.9 Å². The van der Waals surface area contributed by atoms with E-state index in [9.17, 15) is 4.79 Å². The van der Waals surface area contributed by atoms with E-state index in [0.29, 0.717) is 6.42 Å². The zero-order valence-corrected chi connectivity index (χ0v) is 10.4. The monoisotopic (exact) mass is 218 g/mol. The first-order chi connectivity index (χ1) is 7.40.